The van der Waals surface area contributed by atoms with Gasteiger partial charge in [0.25, 0.3) is 5.56 Å². The molecule has 7 heteroatoms. The summed E-state index contributed by atoms with van der Waals surface area (Å²) < 4.78 is 20.6. The molecule has 0 bridgehead atoms. The Bertz CT molecular complexity index is 1350. The second-order valence-corrected chi connectivity index (χ2v) is 8.28. The molecule has 5 rings (SSSR count). The van der Waals surface area contributed by atoms with Crippen molar-refractivity contribution < 1.29 is 8.81 Å². The monoisotopic (exact) mass is 444 g/mol. The maximum absolute atomic E-state index is 13.2. The third-order valence-electron chi connectivity index (χ3n) is 6.12. The molecule has 0 atom stereocenters. The van der Waals surface area contributed by atoms with Crippen LogP contribution in [-0.4, -0.2) is 41.9 Å². The molecule has 0 saturated carbocycles. The number of pyridine rings is 1. The first-order valence-electron chi connectivity index (χ1n) is 11.1. The lowest BCUT2D eigenvalue weighted by Gasteiger charge is -2.17. The lowest BCUT2D eigenvalue weighted by atomic mass is 10.1. The van der Waals surface area contributed by atoms with E-state index in [2.05, 4.69) is 10.2 Å². The van der Waals surface area contributed by atoms with E-state index in [0.29, 0.717) is 28.0 Å². The fourth-order valence-electron chi connectivity index (χ4n) is 4.33. The molecule has 6 nitrogen and oxygen atoms in total. The van der Waals surface area contributed by atoms with Gasteiger partial charge in [-0.25, -0.2) is 4.39 Å². The topological polar surface area (TPSA) is 74.3 Å². The minimum atomic E-state index is -0.326. The van der Waals surface area contributed by atoms with Gasteiger partial charge in [0.2, 0.25) is 0 Å². The number of furan rings is 1. The van der Waals surface area contributed by atoms with Gasteiger partial charge in [0.15, 0.2) is 0 Å². The van der Waals surface area contributed by atoms with Gasteiger partial charge in [-0.15, -0.1) is 0 Å². The Balaban J connectivity index is 1.41. The smallest absolute Gasteiger partial charge is 0.266 e. The molecule has 2 aromatic heterocycles. The summed E-state index contributed by atoms with van der Waals surface area (Å²) >= 11 is 0. The summed E-state index contributed by atoms with van der Waals surface area (Å²) in [6.07, 6.45) is 5.51. The number of hydrogen-bond donors (Lipinski definition) is 2. The molecule has 3 heterocycles. The van der Waals surface area contributed by atoms with E-state index in [1.807, 2.05) is 18.2 Å². The van der Waals surface area contributed by atoms with Crippen molar-refractivity contribution in [1.82, 2.24) is 9.47 Å². The number of benzene rings is 2. The summed E-state index contributed by atoms with van der Waals surface area (Å²) in [5.41, 5.74) is 3.24. The fourth-order valence-corrected chi connectivity index (χ4v) is 4.33. The van der Waals surface area contributed by atoms with Crippen molar-refractivity contribution in [2.45, 2.75) is 12.8 Å². The summed E-state index contributed by atoms with van der Waals surface area (Å²) in [5.74, 6) is 0.186. The molecule has 2 N–H and O–H groups in total. The first kappa shape index (κ1) is 21.2. The molecule has 1 saturated heterocycles. The number of halogens is 1. The maximum Gasteiger partial charge on any atom is 0.266 e. The second kappa shape index (κ2) is 9.03. The zero-order valence-electron chi connectivity index (χ0n) is 18.2. The number of aromatic nitrogens is 1. The Labute approximate surface area is 190 Å². The maximum atomic E-state index is 13.2. The minimum absolute atomic E-state index is 0.213. The molecule has 168 valence electrons. The molecule has 0 radical (unpaired) electrons. The number of rotatable bonds is 7. The SMILES string of the molecule is N=Cc1cc(-n2ccc3oc(-c4ccc(F)cc4)cc3c2=O)ccc1NCCN1CCCC1. The molecule has 0 amide bonds. The molecule has 0 unspecified atom stereocenters. The van der Waals surface area contributed by atoms with E-state index in [4.69, 9.17) is 9.83 Å². The van der Waals surface area contributed by atoms with Crippen LogP contribution < -0.4 is 10.9 Å². The van der Waals surface area contributed by atoms with E-state index in [0.717, 1.165) is 37.4 Å². The van der Waals surface area contributed by atoms with Crippen LogP contribution >= 0.6 is 0 Å². The predicted octanol–water partition coefficient (Wildman–Crippen LogP) is 4.90. The molecule has 1 aliphatic heterocycles. The molecule has 0 aliphatic carbocycles. The van der Waals surface area contributed by atoms with Crippen molar-refractivity contribution >= 4 is 22.9 Å². The van der Waals surface area contributed by atoms with Crippen LogP contribution in [0.25, 0.3) is 28.0 Å². The van der Waals surface area contributed by atoms with E-state index in [9.17, 15) is 9.18 Å². The summed E-state index contributed by atoms with van der Waals surface area (Å²) in [6, 6.07) is 15.0. The van der Waals surface area contributed by atoms with Crippen molar-refractivity contribution in [3.8, 4) is 17.0 Å². The fraction of sp³-hybridized carbons (Fsp3) is 0.231. The summed E-state index contributed by atoms with van der Waals surface area (Å²) in [7, 11) is 0. The van der Waals surface area contributed by atoms with E-state index < -0.39 is 0 Å². The lowest BCUT2D eigenvalue weighted by molar-refractivity contribution is 0.352. The highest BCUT2D eigenvalue weighted by atomic mass is 19.1. The van der Waals surface area contributed by atoms with Crippen molar-refractivity contribution in [3.63, 3.8) is 0 Å². The summed E-state index contributed by atoms with van der Waals surface area (Å²) in [6.45, 7) is 4.10. The molecule has 33 heavy (non-hydrogen) atoms. The van der Waals surface area contributed by atoms with E-state index >= 15 is 0 Å². The average Bonchev–Trinajstić information content (AvgIpc) is 3.51. The molecule has 4 aromatic rings. The van der Waals surface area contributed by atoms with Crippen LogP contribution in [0.4, 0.5) is 10.1 Å². The highest BCUT2D eigenvalue weighted by Gasteiger charge is 2.14. The number of hydrogen-bond acceptors (Lipinski definition) is 5. The predicted molar refractivity (Wildman–Crippen MR) is 129 cm³/mol. The number of nitrogens with one attached hydrogen (secondary N) is 2. The number of fused-ring (bicyclic) bond motifs is 1. The first-order chi connectivity index (χ1) is 16.1. The highest BCUT2D eigenvalue weighted by Crippen LogP contribution is 2.27. The van der Waals surface area contributed by atoms with Gasteiger partial charge in [-0.2, -0.15) is 0 Å². The Morgan fingerprint density at radius 2 is 1.85 bits per heavy atom. The van der Waals surface area contributed by atoms with Crippen LogP contribution in [0.1, 0.15) is 18.4 Å². The van der Waals surface area contributed by atoms with Gasteiger partial charge in [0, 0.05) is 48.0 Å². The molecular weight excluding hydrogens is 419 g/mol. The Morgan fingerprint density at radius 1 is 1.06 bits per heavy atom. The van der Waals surface area contributed by atoms with Gasteiger partial charge < -0.3 is 20.0 Å². The summed E-state index contributed by atoms with van der Waals surface area (Å²) in [4.78, 5) is 15.6. The number of likely N-dealkylation sites (tertiary alicyclic amines) is 1. The lowest BCUT2D eigenvalue weighted by Crippen LogP contribution is -2.26. The summed E-state index contributed by atoms with van der Waals surface area (Å²) in [5, 5.41) is 11.7. The normalized spacial score (nSPS) is 14.1. The van der Waals surface area contributed by atoms with Crippen molar-refractivity contribution in [2.24, 2.45) is 0 Å². The minimum Gasteiger partial charge on any atom is -0.456 e. The number of nitrogens with zero attached hydrogens (tertiary/aromatic N) is 2. The quantitative estimate of drug-likeness (QED) is 0.398. The van der Waals surface area contributed by atoms with E-state index in [-0.39, 0.29) is 11.4 Å². The molecule has 0 spiro atoms. The molecule has 2 aromatic carbocycles. The Hall–Kier alpha value is -3.71. The van der Waals surface area contributed by atoms with Crippen LogP contribution in [0, 0.1) is 11.2 Å². The van der Waals surface area contributed by atoms with Gasteiger partial charge in [0.1, 0.15) is 17.2 Å². The van der Waals surface area contributed by atoms with Gasteiger partial charge in [0.05, 0.1) is 5.39 Å². The third kappa shape index (κ3) is 4.32. The van der Waals surface area contributed by atoms with Gasteiger partial charge >= 0.3 is 0 Å². The van der Waals surface area contributed by atoms with Gasteiger partial charge in [-0.05, 0) is 80.5 Å². The van der Waals surface area contributed by atoms with Crippen LogP contribution in [0.2, 0.25) is 0 Å². The average molecular weight is 445 g/mol. The van der Waals surface area contributed by atoms with E-state index in [1.54, 1.807) is 35.0 Å². The number of anilines is 1. The zero-order chi connectivity index (χ0) is 22.8. The first-order valence-corrected chi connectivity index (χ1v) is 11.1. The van der Waals surface area contributed by atoms with Crippen LogP contribution in [0.5, 0.6) is 0 Å². The van der Waals surface area contributed by atoms with E-state index in [1.165, 1.54) is 31.2 Å². The second-order valence-electron chi connectivity index (χ2n) is 8.28. The largest absolute Gasteiger partial charge is 0.456 e. The van der Waals surface area contributed by atoms with Gasteiger partial charge in [-0.3, -0.25) is 9.36 Å². The Kier molecular flexibility index (Phi) is 5.79. The van der Waals surface area contributed by atoms with Crippen LogP contribution in [-0.2, 0) is 0 Å². The zero-order valence-corrected chi connectivity index (χ0v) is 18.2. The van der Waals surface area contributed by atoms with Crippen LogP contribution in [0.3, 0.4) is 0 Å². The highest BCUT2D eigenvalue weighted by molar-refractivity contribution is 5.87. The van der Waals surface area contributed by atoms with Crippen molar-refractivity contribution in [3.05, 3.63) is 82.5 Å². The molecular formula is C26H25FN4O2. The molecule has 1 aliphatic rings. The third-order valence-corrected chi connectivity index (χ3v) is 6.12. The standard InChI is InChI=1S/C26H25FN4O2/c27-20-5-3-18(4-6-20)25-16-22-24(33-25)9-13-31(26(22)32)21-7-8-23(19(15-21)17-28)29-10-14-30-11-1-2-12-30/h3-9,13,15-17,28-29H,1-2,10-12,14H2. The Morgan fingerprint density at radius 3 is 2.61 bits per heavy atom. The molecule has 1 fully saturated rings. The van der Waals surface area contributed by atoms with Crippen LogP contribution in [0.15, 0.2) is 70.0 Å². The van der Waals surface area contributed by atoms with Gasteiger partial charge in [-0.1, -0.05) is 0 Å². The van der Waals surface area contributed by atoms with Crippen molar-refractivity contribution in [2.75, 3.05) is 31.5 Å². The van der Waals surface area contributed by atoms with Crippen molar-refractivity contribution in [1.29, 1.82) is 5.41 Å².